The number of hydrogen-bond acceptors (Lipinski definition) is 6. The number of thiazole rings is 1. The maximum absolute atomic E-state index is 12.3. The van der Waals surface area contributed by atoms with E-state index >= 15 is 0 Å². The second kappa shape index (κ2) is 8.17. The van der Waals surface area contributed by atoms with E-state index in [0.717, 1.165) is 16.0 Å². The first kappa shape index (κ1) is 17.5. The SMILES string of the molecule is CCOc1ccc2c(c1)sc(=NC(=O)C1=COCCO1)n2CCOC. The highest BCUT2D eigenvalue weighted by molar-refractivity contribution is 7.16. The van der Waals surface area contributed by atoms with E-state index in [9.17, 15) is 4.79 Å². The van der Waals surface area contributed by atoms with E-state index in [0.29, 0.717) is 37.8 Å². The standard InChI is InChI=1S/C17H20N2O5S/c1-3-23-12-4-5-13-15(10-12)25-17(19(13)6-7-21-2)18-16(20)14-11-22-8-9-24-14/h4-5,10-11H,3,6-9H2,1-2H3. The van der Waals surface area contributed by atoms with E-state index in [2.05, 4.69) is 4.99 Å². The summed E-state index contributed by atoms with van der Waals surface area (Å²) in [6.07, 6.45) is 1.31. The molecule has 3 rings (SSSR count). The van der Waals surface area contributed by atoms with E-state index < -0.39 is 5.91 Å². The quantitative estimate of drug-likeness (QED) is 0.785. The largest absolute Gasteiger partial charge is 0.494 e. The van der Waals surface area contributed by atoms with Gasteiger partial charge in [0.2, 0.25) is 5.76 Å². The minimum absolute atomic E-state index is 0.122. The van der Waals surface area contributed by atoms with E-state index in [4.69, 9.17) is 18.9 Å². The molecule has 0 saturated heterocycles. The van der Waals surface area contributed by atoms with Gasteiger partial charge in [-0.15, -0.1) is 0 Å². The number of carbonyl (C=O) groups is 1. The van der Waals surface area contributed by atoms with Gasteiger partial charge in [-0.05, 0) is 25.1 Å². The zero-order chi connectivity index (χ0) is 17.6. The molecule has 1 aromatic heterocycles. The fraction of sp³-hybridized carbons (Fsp3) is 0.412. The van der Waals surface area contributed by atoms with Gasteiger partial charge in [0.1, 0.15) is 25.2 Å². The van der Waals surface area contributed by atoms with Crippen LogP contribution in [-0.2, 0) is 25.5 Å². The van der Waals surface area contributed by atoms with E-state index in [1.165, 1.54) is 17.6 Å². The van der Waals surface area contributed by atoms with Crippen LogP contribution in [0.2, 0.25) is 0 Å². The summed E-state index contributed by atoms with van der Waals surface area (Å²) < 4.78 is 24.1. The normalized spacial score (nSPS) is 14.8. The molecule has 0 aliphatic carbocycles. The highest BCUT2D eigenvalue weighted by Crippen LogP contribution is 2.23. The second-order valence-corrected chi connectivity index (χ2v) is 6.22. The van der Waals surface area contributed by atoms with E-state index in [1.54, 1.807) is 7.11 Å². The van der Waals surface area contributed by atoms with Crippen molar-refractivity contribution >= 4 is 27.5 Å². The molecule has 8 heteroatoms. The van der Waals surface area contributed by atoms with Crippen LogP contribution in [0.3, 0.4) is 0 Å². The summed E-state index contributed by atoms with van der Waals surface area (Å²) in [6, 6.07) is 5.83. The molecular weight excluding hydrogens is 344 g/mol. The number of fused-ring (bicyclic) bond motifs is 1. The lowest BCUT2D eigenvalue weighted by molar-refractivity contribution is -0.119. The fourth-order valence-electron chi connectivity index (χ4n) is 2.42. The molecule has 2 aromatic rings. The molecule has 0 spiro atoms. The maximum atomic E-state index is 12.3. The van der Waals surface area contributed by atoms with Crippen LogP contribution < -0.4 is 9.54 Å². The molecule has 7 nitrogen and oxygen atoms in total. The lowest BCUT2D eigenvalue weighted by Crippen LogP contribution is -2.21. The molecule has 1 aliphatic rings. The van der Waals surface area contributed by atoms with Gasteiger partial charge >= 0.3 is 5.91 Å². The average molecular weight is 364 g/mol. The van der Waals surface area contributed by atoms with Gasteiger partial charge in [0.15, 0.2) is 4.80 Å². The summed E-state index contributed by atoms with van der Waals surface area (Å²) in [4.78, 5) is 17.1. The summed E-state index contributed by atoms with van der Waals surface area (Å²) in [7, 11) is 1.64. The molecule has 0 saturated carbocycles. The molecule has 0 bridgehead atoms. The zero-order valence-electron chi connectivity index (χ0n) is 14.2. The van der Waals surface area contributed by atoms with Gasteiger partial charge in [-0.2, -0.15) is 4.99 Å². The lowest BCUT2D eigenvalue weighted by Gasteiger charge is -2.12. The van der Waals surface area contributed by atoms with Crippen molar-refractivity contribution in [2.45, 2.75) is 13.5 Å². The fourth-order valence-corrected chi connectivity index (χ4v) is 3.50. The van der Waals surface area contributed by atoms with Gasteiger partial charge in [0.05, 0.1) is 23.4 Å². The molecule has 1 aliphatic heterocycles. The Morgan fingerprint density at radius 1 is 1.40 bits per heavy atom. The maximum Gasteiger partial charge on any atom is 0.317 e. The van der Waals surface area contributed by atoms with Crippen molar-refractivity contribution in [3.05, 3.63) is 35.0 Å². The minimum Gasteiger partial charge on any atom is -0.494 e. The lowest BCUT2D eigenvalue weighted by atomic mass is 10.3. The van der Waals surface area contributed by atoms with Crippen LogP contribution in [0.15, 0.2) is 35.2 Å². The molecule has 2 heterocycles. The topological polar surface area (TPSA) is 71.3 Å². The van der Waals surface area contributed by atoms with Crippen molar-refractivity contribution in [2.75, 3.05) is 33.5 Å². The molecule has 0 radical (unpaired) electrons. The van der Waals surface area contributed by atoms with Crippen LogP contribution in [0.1, 0.15) is 6.92 Å². The number of aromatic nitrogens is 1. The molecule has 1 aromatic carbocycles. The number of hydrogen-bond donors (Lipinski definition) is 0. The zero-order valence-corrected chi connectivity index (χ0v) is 15.0. The Morgan fingerprint density at radius 3 is 3.00 bits per heavy atom. The number of benzene rings is 1. The molecule has 134 valence electrons. The molecule has 25 heavy (non-hydrogen) atoms. The third-order valence-electron chi connectivity index (χ3n) is 3.54. The van der Waals surface area contributed by atoms with Crippen LogP contribution in [0.25, 0.3) is 10.2 Å². The molecule has 0 unspecified atom stereocenters. The van der Waals surface area contributed by atoms with Crippen LogP contribution in [-0.4, -0.2) is 44.0 Å². The molecule has 0 fully saturated rings. The van der Waals surface area contributed by atoms with Crippen LogP contribution in [0.5, 0.6) is 5.75 Å². The highest BCUT2D eigenvalue weighted by Gasteiger charge is 2.16. The number of nitrogens with zero attached hydrogens (tertiary/aromatic N) is 2. The molecule has 0 N–H and O–H groups in total. The molecule has 0 atom stereocenters. The van der Waals surface area contributed by atoms with Crippen LogP contribution >= 0.6 is 11.3 Å². The predicted octanol–water partition coefficient (Wildman–Crippen LogP) is 2.06. The van der Waals surface area contributed by atoms with Crippen molar-refractivity contribution in [1.29, 1.82) is 0 Å². The van der Waals surface area contributed by atoms with Gasteiger partial charge in [0.25, 0.3) is 0 Å². The Balaban J connectivity index is 2.03. The van der Waals surface area contributed by atoms with E-state index in [1.807, 2.05) is 29.7 Å². The first-order chi connectivity index (χ1) is 12.2. The third-order valence-corrected chi connectivity index (χ3v) is 4.58. The first-order valence-corrected chi connectivity index (χ1v) is 8.83. The van der Waals surface area contributed by atoms with Crippen molar-refractivity contribution < 1.29 is 23.7 Å². The smallest absolute Gasteiger partial charge is 0.317 e. The van der Waals surface area contributed by atoms with Gasteiger partial charge < -0.3 is 23.5 Å². The Bertz CT molecular complexity index is 852. The summed E-state index contributed by atoms with van der Waals surface area (Å²) in [5.41, 5.74) is 0.979. The molecule has 1 amide bonds. The monoisotopic (exact) mass is 364 g/mol. The predicted molar refractivity (Wildman–Crippen MR) is 93.4 cm³/mol. The summed E-state index contributed by atoms with van der Waals surface area (Å²) in [5.74, 6) is 0.458. The molecular formula is C17H20N2O5S. The number of rotatable bonds is 6. The van der Waals surface area contributed by atoms with Crippen molar-refractivity contribution in [2.24, 2.45) is 4.99 Å². The van der Waals surface area contributed by atoms with Gasteiger partial charge in [-0.1, -0.05) is 11.3 Å². The Kier molecular flexibility index (Phi) is 5.72. The van der Waals surface area contributed by atoms with Gasteiger partial charge in [0, 0.05) is 13.7 Å². The number of carbonyl (C=O) groups excluding carboxylic acids is 1. The van der Waals surface area contributed by atoms with E-state index in [-0.39, 0.29) is 5.76 Å². The summed E-state index contributed by atoms with van der Waals surface area (Å²) >= 11 is 1.42. The van der Waals surface area contributed by atoms with Crippen LogP contribution in [0.4, 0.5) is 0 Å². The van der Waals surface area contributed by atoms with Crippen molar-refractivity contribution in [1.82, 2.24) is 4.57 Å². The Morgan fingerprint density at radius 2 is 2.28 bits per heavy atom. The minimum atomic E-state index is -0.456. The number of ether oxygens (including phenoxy) is 4. The first-order valence-electron chi connectivity index (χ1n) is 8.01. The Hall–Kier alpha value is -2.32. The van der Waals surface area contributed by atoms with Gasteiger partial charge in [-0.3, -0.25) is 4.79 Å². The van der Waals surface area contributed by atoms with Crippen molar-refractivity contribution in [3.63, 3.8) is 0 Å². The highest BCUT2D eigenvalue weighted by atomic mass is 32.1. The Labute approximate surface area is 149 Å². The summed E-state index contributed by atoms with van der Waals surface area (Å²) in [6.45, 7) is 4.43. The second-order valence-electron chi connectivity index (χ2n) is 5.21. The summed E-state index contributed by atoms with van der Waals surface area (Å²) in [5, 5.41) is 0. The average Bonchev–Trinajstić information content (AvgIpc) is 2.97. The van der Waals surface area contributed by atoms with Gasteiger partial charge in [-0.25, -0.2) is 0 Å². The third kappa shape index (κ3) is 4.02. The van der Waals surface area contributed by atoms with Crippen LogP contribution in [0, 0.1) is 0 Å². The number of amides is 1. The number of methoxy groups -OCH3 is 1. The van der Waals surface area contributed by atoms with Crippen molar-refractivity contribution in [3.8, 4) is 5.75 Å².